The SMILES string of the molecule is COC(=O)c1ccnc(NC(C)Cn2ccnc2)c1N. The molecule has 2 aromatic rings. The molecule has 0 saturated heterocycles. The Morgan fingerprint density at radius 3 is 3.00 bits per heavy atom. The van der Waals surface area contributed by atoms with Crippen molar-refractivity contribution < 1.29 is 9.53 Å². The summed E-state index contributed by atoms with van der Waals surface area (Å²) in [5.41, 5.74) is 6.53. The van der Waals surface area contributed by atoms with Crippen LogP contribution in [-0.4, -0.2) is 33.7 Å². The van der Waals surface area contributed by atoms with Crippen LogP contribution in [0.1, 0.15) is 17.3 Å². The summed E-state index contributed by atoms with van der Waals surface area (Å²) in [5.74, 6) is -0.00396. The van der Waals surface area contributed by atoms with Crippen molar-refractivity contribution in [3.05, 3.63) is 36.5 Å². The van der Waals surface area contributed by atoms with Crippen molar-refractivity contribution in [1.29, 1.82) is 0 Å². The van der Waals surface area contributed by atoms with Crippen LogP contribution >= 0.6 is 0 Å². The van der Waals surface area contributed by atoms with Crippen LogP contribution in [0.2, 0.25) is 0 Å². The lowest BCUT2D eigenvalue weighted by Crippen LogP contribution is -2.23. The van der Waals surface area contributed by atoms with E-state index >= 15 is 0 Å². The number of aromatic nitrogens is 3. The molecule has 2 heterocycles. The molecule has 0 bridgehead atoms. The molecule has 106 valence electrons. The van der Waals surface area contributed by atoms with Crippen LogP contribution in [0.5, 0.6) is 0 Å². The number of carbonyl (C=O) groups is 1. The molecule has 0 aliphatic heterocycles. The quantitative estimate of drug-likeness (QED) is 0.795. The number of nitrogens with zero attached hydrogens (tertiary/aromatic N) is 3. The number of hydrogen-bond acceptors (Lipinski definition) is 6. The average Bonchev–Trinajstić information content (AvgIpc) is 2.93. The first kappa shape index (κ1) is 13.9. The maximum Gasteiger partial charge on any atom is 0.340 e. The number of nitrogen functional groups attached to an aromatic ring is 1. The number of esters is 1. The first-order chi connectivity index (χ1) is 9.61. The fourth-order valence-corrected chi connectivity index (χ4v) is 1.87. The van der Waals surface area contributed by atoms with Gasteiger partial charge in [-0.2, -0.15) is 0 Å². The molecule has 0 saturated carbocycles. The fourth-order valence-electron chi connectivity index (χ4n) is 1.87. The topological polar surface area (TPSA) is 95.1 Å². The van der Waals surface area contributed by atoms with E-state index < -0.39 is 5.97 Å². The number of anilines is 2. The Bertz CT molecular complexity index is 582. The lowest BCUT2D eigenvalue weighted by Gasteiger charge is -2.17. The molecule has 20 heavy (non-hydrogen) atoms. The van der Waals surface area contributed by atoms with Crippen molar-refractivity contribution >= 4 is 17.5 Å². The Balaban J connectivity index is 2.11. The van der Waals surface area contributed by atoms with Gasteiger partial charge in [-0.15, -0.1) is 0 Å². The van der Waals surface area contributed by atoms with E-state index in [1.807, 2.05) is 17.7 Å². The molecule has 0 radical (unpaired) electrons. The highest BCUT2D eigenvalue weighted by Gasteiger charge is 2.15. The average molecular weight is 275 g/mol. The van der Waals surface area contributed by atoms with Gasteiger partial charge in [0, 0.05) is 31.2 Å². The van der Waals surface area contributed by atoms with E-state index in [0.29, 0.717) is 17.9 Å². The second-order valence-corrected chi connectivity index (χ2v) is 4.42. The summed E-state index contributed by atoms with van der Waals surface area (Å²) in [4.78, 5) is 19.7. The largest absolute Gasteiger partial charge is 0.465 e. The third-order valence-electron chi connectivity index (χ3n) is 2.82. The Kier molecular flexibility index (Phi) is 4.19. The molecule has 0 aromatic carbocycles. The molecule has 0 fully saturated rings. The summed E-state index contributed by atoms with van der Waals surface area (Å²) in [5, 5.41) is 3.18. The summed E-state index contributed by atoms with van der Waals surface area (Å²) in [6.07, 6.45) is 6.85. The standard InChI is InChI=1S/C13H17N5O2/c1-9(7-18-6-5-15-8-18)17-12-11(14)10(3-4-16-12)13(19)20-2/h3-6,8-9H,7,14H2,1-2H3,(H,16,17). The number of methoxy groups -OCH3 is 1. The van der Waals surface area contributed by atoms with Crippen LogP contribution < -0.4 is 11.1 Å². The van der Waals surface area contributed by atoms with Gasteiger partial charge >= 0.3 is 5.97 Å². The van der Waals surface area contributed by atoms with Crippen molar-refractivity contribution in [2.75, 3.05) is 18.2 Å². The zero-order chi connectivity index (χ0) is 14.5. The van der Waals surface area contributed by atoms with Gasteiger partial charge in [-0.25, -0.2) is 14.8 Å². The lowest BCUT2D eigenvalue weighted by molar-refractivity contribution is 0.0602. The number of ether oxygens (including phenoxy) is 1. The number of nitrogens with two attached hydrogens (primary N) is 1. The Morgan fingerprint density at radius 2 is 2.35 bits per heavy atom. The van der Waals surface area contributed by atoms with Crippen molar-refractivity contribution in [2.24, 2.45) is 0 Å². The minimum atomic E-state index is -0.477. The first-order valence-electron chi connectivity index (χ1n) is 6.17. The number of imidazole rings is 1. The van der Waals surface area contributed by atoms with Gasteiger partial charge in [0.05, 0.1) is 24.7 Å². The van der Waals surface area contributed by atoms with Gasteiger partial charge in [0.2, 0.25) is 0 Å². The van der Waals surface area contributed by atoms with Crippen LogP contribution in [0.3, 0.4) is 0 Å². The number of pyridine rings is 1. The van der Waals surface area contributed by atoms with E-state index in [1.165, 1.54) is 19.4 Å². The van der Waals surface area contributed by atoms with Crippen LogP contribution in [0.15, 0.2) is 31.0 Å². The summed E-state index contributed by atoms with van der Waals surface area (Å²) in [6.45, 7) is 2.70. The van der Waals surface area contributed by atoms with Crippen molar-refractivity contribution in [3.8, 4) is 0 Å². The highest BCUT2D eigenvalue weighted by molar-refractivity contribution is 5.97. The molecule has 1 atom stereocenters. The summed E-state index contributed by atoms with van der Waals surface area (Å²) in [7, 11) is 1.32. The maximum absolute atomic E-state index is 11.6. The normalized spacial score (nSPS) is 11.9. The third-order valence-corrected chi connectivity index (χ3v) is 2.82. The van der Waals surface area contributed by atoms with Gasteiger partial charge in [-0.05, 0) is 13.0 Å². The summed E-state index contributed by atoms with van der Waals surface area (Å²) < 4.78 is 6.62. The van der Waals surface area contributed by atoms with E-state index in [0.717, 1.165) is 0 Å². The maximum atomic E-state index is 11.6. The molecule has 0 aliphatic carbocycles. The predicted octanol–water partition coefficient (Wildman–Crippen LogP) is 1.15. The van der Waals surface area contributed by atoms with Gasteiger partial charge in [0.1, 0.15) is 5.82 Å². The van der Waals surface area contributed by atoms with E-state index in [9.17, 15) is 4.79 Å². The molecule has 0 aliphatic rings. The van der Waals surface area contributed by atoms with E-state index in [4.69, 9.17) is 5.73 Å². The predicted molar refractivity (Wildman–Crippen MR) is 75.3 cm³/mol. The van der Waals surface area contributed by atoms with Crippen molar-refractivity contribution in [3.63, 3.8) is 0 Å². The second-order valence-electron chi connectivity index (χ2n) is 4.42. The molecule has 0 amide bonds. The summed E-state index contributed by atoms with van der Waals surface area (Å²) in [6, 6.07) is 1.61. The van der Waals surface area contributed by atoms with Crippen LogP contribution in [0.25, 0.3) is 0 Å². The Morgan fingerprint density at radius 1 is 1.55 bits per heavy atom. The minimum Gasteiger partial charge on any atom is -0.465 e. The number of carbonyl (C=O) groups excluding carboxylic acids is 1. The number of nitrogens with one attached hydrogen (secondary N) is 1. The van der Waals surface area contributed by atoms with E-state index in [-0.39, 0.29) is 11.7 Å². The molecule has 2 aromatic heterocycles. The Labute approximate surface area is 116 Å². The molecular weight excluding hydrogens is 258 g/mol. The zero-order valence-corrected chi connectivity index (χ0v) is 11.4. The smallest absolute Gasteiger partial charge is 0.340 e. The molecular formula is C13H17N5O2. The van der Waals surface area contributed by atoms with Gasteiger partial charge in [0.15, 0.2) is 0 Å². The van der Waals surface area contributed by atoms with Crippen LogP contribution in [-0.2, 0) is 11.3 Å². The van der Waals surface area contributed by atoms with Crippen LogP contribution in [0, 0.1) is 0 Å². The second kappa shape index (κ2) is 6.05. The lowest BCUT2D eigenvalue weighted by atomic mass is 10.2. The molecule has 0 spiro atoms. The molecule has 3 N–H and O–H groups in total. The van der Waals surface area contributed by atoms with Gasteiger partial charge in [-0.3, -0.25) is 0 Å². The van der Waals surface area contributed by atoms with Crippen molar-refractivity contribution in [2.45, 2.75) is 19.5 Å². The molecule has 7 heteroatoms. The Hall–Kier alpha value is -2.57. The first-order valence-corrected chi connectivity index (χ1v) is 6.17. The highest BCUT2D eigenvalue weighted by atomic mass is 16.5. The minimum absolute atomic E-state index is 0.0758. The van der Waals surface area contributed by atoms with Gasteiger partial charge in [-0.1, -0.05) is 0 Å². The van der Waals surface area contributed by atoms with Gasteiger partial charge < -0.3 is 20.4 Å². The molecule has 1 unspecified atom stereocenters. The molecule has 7 nitrogen and oxygen atoms in total. The third kappa shape index (κ3) is 3.05. The van der Waals surface area contributed by atoms with Gasteiger partial charge in [0.25, 0.3) is 0 Å². The highest BCUT2D eigenvalue weighted by Crippen LogP contribution is 2.21. The van der Waals surface area contributed by atoms with Crippen molar-refractivity contribution in [1.82, 2.24) is 14.5 Å². The van der Waals surface area contributed by atoms with E-state index in [2.05, 4.69) is 20.0 Å². The van der Waals surface area contributed by atoms with Crippen LogP contribution in [0.4, 0.5) is 11.5 Å². The summed E-state index contributed by atoms with van der Waals surface area (Å²) >= 11 is 0. The monoisotopic (exact) mass is 275 g/mol. The number of rotatable bonds is 5. The fraction of sp³-hybridized carbons (Fsp3) is 0.308. The van der Waals surface area contributed by atoms with E-state index in [1.54, 1.807) is 12.5 Å². The number of hydrogen-bond donors (Lipinski definition) is 2. The molecule has 2 rings (SSSR count). The zero-order valence-electron chi connectivity index (χ0n) is 11.4.